The zero-order valence-electron chi connectivity index (χ0n) is 15.7. The first-order chi connectivity index (χ1) is 13.3. The van der Waals surface area contributed by atoms with E-state index in [0.29, 0.717) is 23.0 Å². The fourth-order valence-electron chi connectivity index (χ4n) is 2.58. The first-order valence-corrected chi connectivity index (χ1v) is 8.63. The lowest BCUT2D eigenvalue weighted by Gasteiger charge is -2.18. The Labute approximate surface area is 166 Å². The van der Waals surface area contributed by atoms with Crippen LogP contribution in [0.4, 0.5) is 14.5 Å². The molecule has 9 heteroatoms. The fraction of sp³-hybridized carbons (Fsp3) is 0.316. The lowest BCUT2D eigenvalue weighted by molar-refractivity contribution is -0.117. The van der Waals surface area contributed by atoms with Crippen molar-refractivity contribution < 1.29 is 27.8 Å². The Balaban J connectivity index is 1.99. The van der Waals surface area contributed by atoms with Crippen molar-refractivity contribution in [2.75, 3.05) is 33.1 Å². The topological polar surface area (TPSA) is 60.0 Å². The van der Waals surface area contributed by atoms with Crippen LogP contribution in [0.25, 0.3) is 0 Å². The summed E-state index contributed by atoms with van der Waals surface area (Å²) in [6.45, 7) is -2.45. The van der Waals surface area contributed by atoms with Gasteiger partial charge in [0.1, 0.15) is 5.75 Å². The molecular formula is C19H21ClF2N2O4. The molecule has 0 saturated heterocycles. The monoisotopic (exact) mass is 414 g/mol. The number of amides is 1. The molecule has 0 saturated carbocycles. The number of halogens is 3. The summed E-state index contributed by atoms with van der Waals surface area (Å²) >= 11 is 5.96. The molecule has 2 aromatic carbocycles. The molecule has 0 heterocycles. The largest absolute Gasteiger partial charge is 0.495 e. The predicted molar refractivity (Wildman–Crippen MR) is 103 cm³/mol. The van der Waals surface area contributed by atoms with E-state index in [4.69, 9.17) is 21.1 Å². The van der Waals surface area contributed by atoms with Gasteiger partial charge in [-0.2, -0.15) is 8.78 Å². The van der Waals surface area contributed by atoms with E-state index in [1.165, 1.54) is 20.3 Å². The summed E-state index contributed by atoms with van der Waals surface area (Å²) in [6, 6.07) is 9.56. The van der Waals surface area contributed by atoms with Crippen molar-refractivity contribution in [1.82, 2.24) is 4.90 Å². The van der Waals surface area contributed by atoms with Crippen LogP contribution >= 0.6 is 11.6 Å². The molecule has 0 radical (unpaired) electrons. The minimum absolute atomic E-state index is 0.0466. The number of carbonyl (C=O) groups is 1. The zero-order valence-corrected chi connectivity index (χ0v) is 16.4. The normalized spacial score (nSPS) is 10.9. The number of alkyl halides is 2. The molecule has 2 rings (SSSR count). The van der Waals surface area contributed by atoms with Gasteiger partial charge in [0.15, 0.2) is 11.5 Å². The van der Waals surface area contributed by atoms with Crippen LogP contribution < -0.4 is 19.5 Å². The third-order valence-corrected chi connectivity index (χ3v) is 3.98. The second kappa shape index (κ2) is 10.1. The fourth-order valence-corrected chi connectivity index (χ4v) is 2.76. The highest BCUT2D eigenvalue weighted by atomic mass is 35.5. The highest BCUT2D eigenvalue weighted by Gasteiger charge is 2.14. The summed E-state index contributed by atoms with van der Waals surface area (Å²) in [5.74, 6) is 0.390. The van der Waals surface area contributed by atoms with Crippen molar-refractivity contribution in [3.05, 3.63) is 47.0 Å². The van der Waals surface area contributed by atoms with Crippen LogP contribution in [0.15, 0.2) is 36.4 Å². The summed E-state index contributed by atoms with van der Waals surface area (Å²) in [5.41, 5.74) is 1.25. The van der Waals surface area contributed by atoms with E-state index >= 15 is 0 Å². The molecule has 0 aliphatic heterocycles. The molecule has 0 bridgehead atoms. The highest BCUT2D eigenvalue weighted by Crippen LogP contribution is 2.30. The average Bonchev–Trinajstić information content (AvgIpc) is 2.62. The first-order valence-electron chi connectivity index (χ1n) is 8.26. The van der Waals surface area contributed by atoms with Crippen LogP contribution in [0.5, 0.6) is 17.2 Å². The van der Waals surface area contributed by atoms with E-state index in [9.17, 15) is 13.6 Å². The molecule has 0 aliphatic rings. The Morgan fingerprint density at radius 1 is 1.11 bits per heavy atom. The number of hydrogen-bond acceptors (Lipinski definition) is 5. The number of rotatable bonds is 9. The number of benzene rings is 2. The van der Waals surface area contributed by atoms with Crippen molar-refractivity contribution in [3.63, 3.8) is 0 Å². The van der Waals surface area contributed by atoms with Crippen molar-refractivity contribution in [2.45, 2.75) is 13.2 Å². The molecule has 2 aromatic rings. The quantitative estimate of drug-likeness (QED) is 0.671. The van der Waals surface area contributed by atoms with Crippen LogP contribution in [-0.2, 0) is 11.3 Å². The van der Waals surface area contributed by atoms with E-state index in [2.05, 4.69) is 10.1 Å². The number of ether oxygens (including phenoxy) is 3. The second-order valence-electron chi connectivity index (χ2n) is 5.93. The standard InChI is InChI=1S/C19H21ClF2N2O4/c1-24(10-12-4-6-16(28-19(21)22)17(8-12)27-3)11-18(25)23-14-9-13(20)5-7-15(14)26-2/h4-9,19H,10-11H2,1-3H3,(H,23,25). The van der Waals surface area contributed by atoms with Crippen molar-refractivity contribution >= 4 is 23.2 Å². The third kappa shape index (κ3) is 6.24. The van der Waals surface area contributed by atoms with Gasteiger partial charge in [-0.05, 0) is 42.9 Å². The Hall–Kier alpha value is -2.58. The van der Waals surface area contributed by atoms with Crippen LogP contribution in [0.2, 0.25) is 5.02 Å². The summed E-state index contributed by atoms with van der Waals surface area (Å²) in [6.07, 6.45) is 0. The van der Waals surface area contributed by atoms with Gasteiger partial charge < -0.3 is 19.5 Å². The van der Waals surface area contributed by atoms with Crippen molar-refractivity contribution in [3.8, 4) is 17.2 Å². The van der Waals surface area contributed by atoms with Gasteiger partial charge in [-0.15, -0.1) is 0 Å². The lowest BCUT2D eigenvalue weighted by Crippen LogP contribution is -2.30. The van der Waals surface area contributed by atoms with Gasteiger partial charge in [0.2, 0.25) is 5.91 Å². The summed E-state index contributed by atoms with van der Waals surface area (Å²) in [5, 5.41) is 3.23. The number of methoxy groups -OCH3 is 2. The van der Waals surface area contributed by atoms with E-state index < -0.39 is 6.61 Å². The third-order valence-electron chi connectivity index (χ3n) is 3.75. The Bertz CT molecular complexity index is 821. The number of carbonyl (C=O) groups excluding carboxylic acids is 1. The Kier molecular flexibility index (Phi) is 7.83. The molecule has 0 unspecified atom stereocenters. The van der Waals surface area contributed by atoms with E-state index in [1.807, 2.05) is 0 Å². The molecule has 0 aromatic heterocycles. The predicted octanol–water partition coefficient (Wildman–Crippen LogP) is 4.03. The molecule has 6 nitrogen and oxygen atoms in total. The molecule has 152 valence electrons. The molecule has 0 aliphatic carbocycles. The molecule has 1 amide bonds. The van der Waals surface area contributed by atoms with Gasteiger partial charge in [-0.1, -0.05) is 17.7 Å². The van der Waals surface area contributed by atoms with Gasteiger partial charge in [-0.3, -0.25) is 9.69 Å². The second-order valence-corrected chi connectivity index (χ2v) is 6.37. The summed E-state index contributed by atoms with van der Waals surface area (Å²) < 4.78 is 39.5. The van der Waals surface area contributed by atoms with Gasteiger partial charge in [0.05, 0.1) is 26.5 Å². The molecule has 0 fully saturated rings. The maximum absolute atomic E-state index is 12.4. The number of hydrogen-bond donors (Lipinski definition) is 1. The first kappa shape index (κ1) is 21.7. The van der Waals surface area contributed by atoms with E-state index in [-0.39, 0.29) is 24.0 Å². The maximum atomic E-state index is 12.4. The SMILES string of the molecule is COc1ccc(Cl)cc1NC(=O)CN(C)Cc1ccc(OC(F)F)c(OC)c1. The van der Waals surface area contributed by atoms with Gasteiger partial charge in [0.25, 0.3) is 0 Å². The number of nitrogens with one attached hydrogen (secondary N) is 1. The molecule has 1 N–H and O–H groups in total. The van der Waals surface area contributed by atoms with Gasteiger partial charge in [0, 0.05) is 11.6 Å². The van der Waals surface area contributed by atoms with Crippen molar-refractivity contribution in [1.29, 1.82) is 0 Å². The number of anilines is 1. The maximum Gasteiger partial charge on any atom is 0.387 e. The van der Waals surface area contributed by atoms with Crippen LogP contribution in [0, 0.1) is 0 Å². The lowest BCUT2D eigenvalue weighted by atomic mass is 10.2. The van der Waals surface area contributed by atoms with E-state index in [1.54, 1.807) is 42.3 Å². The van der Waals surface area contributed by atoms with Crippen LogP contribution in [0.1, 0.15) is 5.56 Å². The zero-order chi connectivity index (χ0) is 20.7. The van der Waals surface area contributed by atoms with Gasteiger partial charge in [-0.25, -0.2) is 0 Å². The molecule has 0 spiro atoms. The number of likely N-dealkylation sites (N-methyl/N-ethyl adjacent to an activating group) is 1. The summed E-state index contributed by atoms with van der Waals surface area (Å²) in [7, 11) is 4.62. The Morgan fingerprint density at radius 3 is 2.43 bits per heavy atom. The van der Waals surface area contributed by atoms with Crippen LogP contribution in [0.3, 0.4) is 0 Å². The highest BCUT2D eigenvalue weighted by molar-refractivity contribution is 6.31. The molecular weight excluding hydrogens is 394 g/mol. The molecule has 28 heavy (non-hydrogen) atoms. The minimum atomic E-state index is -2.94. The minimum Gasteiger partial charge on any atom is -0.495 e. The Morgan fingerprint density at radius 2 is 1.79 bits per heavy atom. The number of nitrogens with zero attached hydrogens (tertiary/aromatic N) is 1. The average molecular weight is 415 g/mol. The van der Waals surface area contributed by atoms with Crippen LogP contribution in [-0.4, -0.2) is 45.2 Å². The smallest absolute Gasteiger partial charge is 0.387 e. The molecule has 0 atom stereocenters. The van der Waals surface area contributed by atoms with E-state index in [0.717, 1.165) is 5.56 Å². The van der Waals surface area contributed by atoms with Crippen molar-refractivity contribution in [2.24, 2.45) is 0 Å². The summed E-state index contributed by atoms with van der Waals surface area (Å²) in [4.78, 5) is 14.1. The van der Waals surface area contributed by atoms with Gasteiger partial charge >= 0.3 is 6.61 Å².